The number of hydrogen-bond acceptors (Lipinski definition) is 4. The summed E-state index contributed by atoms with van der Waals surface area (Å²) in [5.41, 5.74) is 1.62. The Bertz CT molecular complexity index is 744. The van der Waals surface area contributed by atoms with Crippen molar-refractivity contribution in [3.8, 4) is 5.75 Å². The van der Waals surface area contributed by atoms with Crippen molar-refractivity contribution in [1.82, 2.24) is 4.57 Å². The maximum Gasteiger partial charge on any atom is 0.312 e. The quantitative estimate of drug-likeness (QED) is 0.878. The number of benzene rings is 1. The van der Waals surface area contributed by atoms with E-state index in [1.807, 2.05) is 42.8 Å². The molecule has 2 aromatic rings. The van der Waals surface area contributed by atoms with Gasteiger partial charge in [0.15, 0.2) is 4.80 Å². The van der Waals surface area contributed by atoms with Gasteiger partial charge in [-0.25, -0.2) is 4.99 Å². The monoisotopic (exact) mass is 334 g/mol. The fourth-order valence-electron chi connectivity index (χ4n) is 2.35. The SMILES string of the molecule is CCCOc1ccc(/N=c2/sc(C)c(C(C)C(=O)O)n2C)cc1. The average molecular weight is 334 g/mol. The van der Waals surface area contributed by atoms with Crippen molar-refractivity contribution in [2.24, 2.45) is 12.0 Å². The van der Waals surface area contributed by atoms with Gasteiger partial charge in [-0.05, 0) is 44.5 Å². The molecule has 0 saturated carbocycles. The molecular weight excluding hydrogens is 312 g/mol. The Kier molecular flexibility index (Phi) is 5.60. The fourth-order valence-corrected chi connectivity index (χ4v) is 3.43. The van der Waals surface area contributed by atoms with Crippen molar-refractivity contribution in [3.63, 3.8) is 0 Å². The molecule has 124 valence electrons. The molecule has 1 heterocycles. The minimum atomic E-state index is -0.828. The standard InChI is InChI=1S/C17H22N2O3S/c1-5-10-22-14-8-6-13(7-9-14)18-17-19(4)15(12(3)23-17)11(2)16(20)21/h6-9,11H,5,10H2,1-4H3,(H,20,21)/b18-17+. The number of thiazole rings is 1. The molecule has 6 heteroatoms. The van der Waals surface area contributed by atoms with Gasteiger partial charge in [0.2, 0.25) is 0 Å². The highest BCUT2D eigenvalue weighted by Gasteiger charge is 2.20. The van der Waals surface area contributed by atoms with Crippen molar-refractivity contribution < 1.29 is 14.6 Å². The number of aromatic nitrogens is 1. The zero-order valence-electron chi connectivity index (χ0n) is 13.9. The Hall–Kier alpha value is -2.08. The lowest BCUT2D eigenvalue weighted by Gasteiger charge is -2.08. The maximum atomic E-state index is 11.2. The second-order valence-electron chi connectivity index (χ2n) is 5.40. The second kappa shape index (κ2) is 7.46. The van der Waals surface area contributed by atoms with Gasteiger partial charge >= 0.3 is 5.97 Å². The van der Waals surface area contributed by atoms with Crippen LogP contribution in [-0.4, -0.2) is 22.2 Å². The van der Waals surface area contributed by atoms with Crippen molar-refractivity contribution in [2.45, 2.75) is 33.1 Å². The topological polar surface area (TPSA) is 63.8 Å². The van der Waals surface area contributed by atoms with Gasteiger partial charge in [0, 0.05) is 17.6 Å². The van der Waals surface area contributed by atoms with E-state index < -0.39 is 11.9 Å². The molecule has 0 aliphatic rings. The van der Waals surface area contributed by atoms with Crippen LogP contribution in [0.2, 0.25) is 0 Å². The molecule has 23 heavy (non-hydrogen) atoms. The lowest BCUT2D eigenvalue weighted by Crippen LogP contribution is -2.18. The molecule has 0 aliphatic heterocycles. The molecule has 2 rings (SSSR count). The van der Waals surface area contributed by atoms with E-state index in [0.29, 0.717) is 6.61 Å². The van der Waals surface area contributed by atoms with Crippen LogP contribution < -0.4 is 9.54 Å². The summed E-state index contributed by atoms with van der Waals surface area (Å²) in [6.07, 6.45) is 0.973. The van der Waals surface area contributed by atoms with Crippen LogP contribution in [0.25, 0.3) is 0 Å². The first-order valence-corrected chi connectivity index (χ1v) is 8.42. The fraction of sp³-hybridized carbons (Fsp3) is 0.412. The predicted octanol–water partition coefficient (Wildman–Crippen LogP) is 3.60. The smallest absolute Gasteiger partial charge is 0.312 e. The lowest BCUT2D eigenvalue weighted by atomic mass is 10.1. The molecule has 0 amide bonds. The van der Waals surface area contributed by atoms with E-state index in [1.165, 1.54) is 11.3 Å². The molecular formula is C17H22N2O3S. The van der Waals surface area contributed by atoms with Crippen LogP contribution in [0.5, 0.6) is 5.75 Å². The number of rotatable bonds is 6. The maximum absolute atomic E-state index is 11.2. The molecule has 0 spiro atoms. The molecule has 5 nitrogen and oxygen atoms in total. The summed E-state index contributed by atoms with van der Waals surface area (Å²) >= 11 is 1.50. The van der Waals surface area contributed by atoms with E-state index >= 15 is 0 Å². The third-order valence-electron chi connectivity index (χ3n) is 3.57. The molecule has 0 aliphatic carbocycles. The Morgan fingerprint density at radius 2 is 2.04 bits per heavy atom. The summed E-state index contributed by atoms with van der Waals surface area (Å²) in [5.74, 6) is -0.548. The lowest BCUT2D eigenvalue weighted by molar-refractivity contribution is -0.138. The van der Waals surface area contributed by atoms with Gasteiger partial charge in [-0.2, -0.15) is 0 Å². The first-order valence-electron chi connectivity index (χ1n) is 7.60. The summed E-state index contributed by atoms with van der Waals surface area (Å²) in [7, 11) is 1.86. The summed E-state index contributed by atoms with van der Waals surface area (Å²) in [6.45, 7) is 6.39. The van der Waals surface area contributed by atoms with Crippen LogP contribution in [0.4, 0.5) is 5.69 Å². The zero-order valence-corrected chi connectivity index (χ0v) is 14.7. The van der Waals surface area contributed by atoms with Crippen molar-refractivity contribution >= 4 is 23.0 Å². The molecule has 0 saturated heterocycles. The number of carbonyl (C=O) groups is 1. The molecule has 1 aromatic heterocycles. The van der Waals surface area contributed by atoms with Gasteiger partial charge in [0.1, 0.15) is 5.75 Å². The molecule has 0 fully saturated rings. The van der Waals surface area contributed by atoms with Crippen molar-refractivity contribution in [1.29, 1.82) is 0 Å². The predicted molar refractivity (Wildman–Crippen MR) is 91.5 cm³/mol. The van der Waals surface area contributed by atoms with Crippen LogP contribution in [0.15, 0.2) is 29.3 Å². The highest BCUT2D eigenvalue weighted by atomic mass is 32.1. The Morgan fingerprint density at radius 1 is 1.39 bits per heavy atom. The molecule has 1 unspecified atom stereocenters. The minimum Gasteiger partial charge on any atom is -0.494 e. The number of aliphatic carboxylic acids is 1. The number of carboxylic acid groups (broad SMARTS) is 1. The Morgan fingerprint density at radius 3 is 2.61 bits per heavy atom. The van der Waals surface area contributed by atoms with Gasteiger partial charge in [0.05, 0.1) is 18.2 Å². The van der Waals surface area contributed by atoms with Crippen molar-refractivity contribution in [3.05, 3.63) is 39.6 Å². The largest absolute Gasteiger partial charge is 0.494 e. The second-order valence-corrected chi connectivity index (χ2v) is 6.58. The van der Waals surface area contributed by atoms with Gasteiger partial charge in [-0.15, -0.1) is 11.3 Å². The van der Waals surface area contributed by atoms with Gasteiger partial charge < -0.3 is 14.4 Å². The highest BCUT2D eigenvalue weighted by Crippen LogP contribution is 2.22. The molecule has 1 N–H and O–H groups in total. The van der Waals surface area contributed by atoms with Gasteiger partial charge in [-0.3, -0.25) is 4.79 Å². The Balaban J connectivity index is 2.33. The number of hydrogen-bond donors (Lipinski definition) is 1. The van der Waals surface area contributed by atoms with E-state index in [9.17, 15) is 9.90 Å². The summed E-state index contributed by atoms with van der Waals surface area (Å²) in [6, 6.07) is 7.60. The summed E-state index contributed by atoms with van der Waals surface area (Å²) < 4.78 is 7.42. The molecule has 0 radical (unpaired) electrons. The minimum absolute atomic E-state index is 0.551. The average Bonchev–Trinajstić information content (AvgIpc) is 2.80. The first kappa shape index (κ1) is 17.3. The first-order chi connectivity index (χ1) is 10.9. The number of carboxylic acids is 1. The van der Waals surface area contributed by atoms with E-state index in [4.69, 9.17) is 4.74 Å². The van der Waals surface area contributed by atoms with Crippen LogP contribution in [0, 0.1) is 6.92 Å². The van der Waals surface area contributed by atoms with Crippen molar-refractivity contribution in [2.75, 3.05) is 6.61 Å². The van der Waals surface area contributed by atoms with E-state index in [1.54, 1.807) is 6.92 Å². The van der Waals surface area contributed by atoms with Crippen LogP contribution in [0.1, 0.15) is 36.8 Å². The number of nitrogens with zero attached hydrogens (tertiary/aromatic N) is 2. The summed E-state index contributed by atoms with van der Waals surface area (Å²) in [4.78, 5) is 17.6. The van der Waals surface area contributed by atoms with Gasteiger partial charge in [0.25, 0.3) is 0 Å². The Labute approximate surface area is 139 Å². The summed E-state index contributed by atoms with van der Waals surface area (Å²) in [5, 5.41) is 9.23. The zero-order chi connectivity index (χ0) is 17.0. The molecule has 0 bridgehead atoms. The number of aryl methyl sites for hydroxylation is 1. The van der Waals surface area contributed by atoms with Crippen LogP contribution >= 0.6 is 11.3 Å². The van der Waals surface area contributed by atoms with Gasteiger partial charge in [-0.1, -0.05) is 6.92 Å². The van der Waals surface area contributed by atoms with E-state index in [-0.39, 0.29) is 0 Å². The molecule has 1 aromatic carbocycles. The van der Waals surface area contributed by atoms with Crippen LogP contribution in [0.3, 0.4) is 0 Å². The number of ether oxygens (including phenoxy) is 1. The highest BCUT2D eigenvalue weighted by molar-refractivity contribution is 7.09. The van der Waals surface area contributed by atoms with E-state index in [0.717, 1.165) is 33.2 Å². The van der Waals surface area contributed by atoms with Crippen LogP contribution in [-0.2, 0) is 11.8 Å². The molecule has 1 atom stereocenters. The third kappa shape index (κ3) is 4.01. The third-order valence-corrected chi connectivity index (χ3v) is 4.63. The van der Waals surface area contributed by atoms with E-state index in [2.05, 4.69) is 11.9 Å². The normalized spacial score (nSPS) is 13.1.